The monoisotopic (exact) mass is 281 g/mol. The lowest BCUT2D eigenvalue weighted by Crippen LogP contribution is -2.48. The van der Waals surface area contributed by atoms with E-state index in [2.05, 4.69) is 19.2 Å². The van der Waals surface area contributed by atoms with E-state index < -0.39 is 9.84 Å². The molecular weight excluding hydrogens is 262 g/mol. The zero-order chi connectivity index (χ0) is 12.2. The molecule has 3 nitrogen and oxygen atoms in total. The van der Waals surface area contributed by atoms with Gasteiger partial charge in [0.25, 0.3) is 0 Å². The van der Waals surface area contributed by atoms with Crippen LogP contribution in [0.4, 0.5) is 0 Å². The fraction of sp³-hybridized carbons (Fsp3) is 0.800. The molecule has 1 unspecified atom stereocenters. The highest BCUT2D eigenvalue weighted by molar-refractivity contribution is 8.01. The number of thioether (sulfide) groups is 1. The smallest absolute Gasteiger partial charge is 0.166 e. The first-order valence-corrected chi connectivity index (χ1v) is 8.82. The topological polar surface area (TPSA) is 37.4 Å². The Hall–Kier alpha value is 0.350. The summed E-state index contributed by atoms with van der Waals surface area (Å²) in [5.41, 5.74) is 0.978. The Morgan fingerprint density at radius 1 is 1.62 bits per heavy atom. The van der Waals surface area contributed by atoms with Crippen LogP contribution in [0.15, 0.2) is 12.2 Å². The van der Waals surface area contributed by atoms with Gasteiger partial charge in [0.15, 0.2) is 9.84 Å². The van der Waals surface area contributed by atoms with Crippen LogP contribution in [-0.2, 0) is 9.84 Å². The summed E-state index contributed by atoms with van der Waals surface area (Å²) < 4.78 is 23.9. The Labute approximate surface area is 108 Å². The van der Waals surface area contributed by atoms with Gasteiger partial charge in [0, 0.05) is 36.1 Å². The van der Waals surface area contributed by atoms with Gasteiger partial charge in [-0.05, 0) is 0 Å². The molecule has 0 amide bonds. The van der Waals surface area contributed by atoms with E-state index >= 15 is 0 Å². The number of nitrogens with zero attached hydrogens (tertiary/aromatic N) is 1. The molecule has 6 heteroatoms. The first-order valence-electron chi connectivity index (χ1n) is 5.32. The zero-order valence-electron chi connectivity index (χ0n) is 9.55. The molecule has 1 aliphatic heterocycles. The SMILES string of the molecule is C=C(CS)CN1CCSCC1S(=O)(=O)CC. The summed E-state index contributed by atoms with van der Waals surface area (Å²) in [6.45, 7) is 7.07. The minimum atomic E-state index is -2.99. The number of hydrogen-bond acceptors (Lipinski definition) is 5. The van der Waals surface area contributed by atoms with Crippen molar-refractivity contribution in [1.82, 2.24) is 4.90 Å². The van der Waals surface area contributed by atoms with Gasteiger partial charge in [0.1, 0.15) is 5.37 Å². The van der Waals surface area contributed by atoms with Crippen molar-refractivity contribution in [2.24, 2.45) is 0 Å². The Morgan fingerprint density at radius 2 is 2.31 bits per heavy atom. The summed E-state index contributed by atoms with van der Waals surface area (Å²) in [7, 11) is -2.99. The van der Waals surface area contributed by atoms with Crippen molar-refractivity contribution >= 4 is 34.2 Å². The van der Waals surface area contributed by atoms with Gasteiger partial charge >= 0.3 is 0 Å². The van der Waals surface area contributed by atoms with Crippen LogP contribution in [0.25, 0.3) is 0 Å². The Balaban J connectivity index is 2.75. The van der Waals surface area contributed by atoms with E-state index in [1.807, 2.05) is 4.90 Å². The minimum Gasteiger partial charge on any atom is -0.282 e. The number of hydrogen-bond donors (Lipinski definition) is 1. The van der Waals surface area contributed by atoms with Gasteiger partial charge < -0.3 is 0 Å². The van der Waals surface area contributed by atoms with E-state index in [9.17, 15) is 8.42 Å². The molecule has 1 aliphatic rings. The van der Waals surface area contributed by atoms with Gasteiger partial charge in [-0.1, -0.05) is 19.1 Å². The second-order valence-electron chi connectivity index (χ2n) is 3.86. The highest BCUT2D eigenvalue weighted by atomic mass is 32.2. The molecule has 0 bridgehead atoms. The van der Waals surface area contributed by atoms with Crippen LogP contribution in [0.2, 0.25) is 0 Å². The summed E-state index contributed by atoms with van der Waals surface area (Å²) in [5, 5.41) is -0.340. The normalized spacial score (nSPS) is 23.2. The molecule has 94 valence electrons. The van der Waals surface area contributed by atoms with Crippen molar-refractivity contribution in [2.75, 3.05) is 36.1 Å². The predicted molar refractivity (Wildman–Crippen MR) is 75.1 cm³/mol. The van der Waals surface area contributed by atoms with Crippen LogP contribution < -0.4 is 0 Å². The van der Waals surface area contributed by atoms with Gasteiger partial charge in [-0.2, -0.15) is 24.4 Å². The molecule has 1 heterocycles. The van der Waals surface area contributed by atoms with E-state index in [-0.39, 0.29) is 11.1 Å². The van der Waals surface area contributed by atoms with E-state index in [0.29, 0.717) is 18.1 Å². The molecule has 0 aliphatic carbocycles. The predicted octanol–water partition coefficient (Wildman–Crippen LogP) is 1.28. The standard InChI is InChI=1S/C10H19NO2S3/c1-3-16(12,13)10-8-15-5-4-11(10)6-9(2)7-14/h10,14H,2-8H2,1H3. The molecule has 0 aromatic carbocycles. The highest BCUT2D eigenvalue weighted by Crippen LogP contribution is 2.22. The summed E-state index contributed by atoms with van der Waals surface area (Å²) >= 11 is 5.87. The van der Waals surface area contributed by atoms with Crippen LogP contribution in [0.1, 0.15) is 6.92 Å². The van der Waals surface area contributed by atoms with Crippen molar-refractivity contribution in [3.63, 3.8) is 0 Å². The molecule has 0 saturated carbocycles. The van der Waals surface area contributed by atoms with E-state index in [1.54, 1.807) is 18.7 Å². The summed E-state index contributed by atoms with van der Waals surface area (Å²) in [4.78, 5) is 2.02. The second kappa shape index (κ2) is 6.33. The lowest BCUT2D eigenvalue weighted by atomic mass is 10.3. The summed E-state index contributed by atoms with van der Waals surface area (Å²) in [6, 6.07) is 0. The van der Waals surface area contributed by atoms with Crippen molar-refractivity contribution in [1.29, 1.82) is 0 Å². The van der Waals surface area contributed by atoms with Crippen molar-refractivity contribution in [3.8, 4) is 0 Å². The molecule has 0 spiro atoms. The lowest BCUT2D eigenvalue weighted by molar-refractivity contribution is 0.293. The number of thiol groups is 1. The second-order valence-corrected chi connectivity index (χ2v) is 7.77. The molecule has 0 aromatic rings. The molecule has 1 saturated heterocycles. The van der Waals surface area contributed by atoms with Crippen LogP contribution >= 0.6 is 24.4 Å². The summed E-state index contributed by atoms with van der Waals surface area (Å²) in [6.07, 6.45) is 0. The average Bonchev–Trinajstić information content (AvgIpc) is 2.29. The molecule has 1 atom stereocenters. The fourth-order valence-corrected chi connectivity index (χ4v) is 4.84. The van der Waals surface area contributed by atoms with Gasteiger partial charge in [-0.3, -0.25) is 4.90 Å². The van der Waals surface area contributed by atoms with Crippen molar-refractivity contribution in [3.05, 3.63) is 12.2 Å². The van der Waals surface area contributed by atoms with Crippen LogP contribution in [-0.4, -0.2) is 54.8 Å². The van der Waals surface area contributed by atoms with E-state index in [4.69, 9.17) is 0 Å². The lowest BCUT2D eigenvalue weighted by Gasteiger charge is -2.34. The molecule has 16 heavy (non-hydrogen) atoms. The average molecular weight is 281 g/mol. The Morgan fingerprint density at radius 3 is 2.88 bits per heavy atom. The Kier molecular flexibility index (Phi) is 5.70. The third-order valence-corrected chi connectivity index (χ3v) is 6.44. The molecule has 1 rings (SSSR count). The molecular formula is C10H19NO2S3. The molecule has 0 aromatic heterocycles. The minimum absolute atomic E-state index is 0.210. The Bertz CT molecular complexity index is 340. The molecule has 0 N–H and O–H groups in total. The van der Waals surface area contributed by atoms with Crippen LogP contribution in [0.3, 0.4) is 0 Å². The maximum atomic E-state index is 11.9. The van der Waals surface area contributed by atoms with Gasteiger partial charge in [-0.25, -0.2) is 8.42 Å². The van der Waals surface area contributed by atoms with E-state index in [0.717, 1.165) is 17.9 Å². The quantitative estimate of drug-likeness (QED) is 0.608. The molecule has 0 radical (unpaired) electrons. The third kappa shape index (κ3) is 3.68. The van der Waals surface area contributed by atoms with Gasteiger partial charge in [0.2, 0.25) is 0 Å². The molecule has 1 fully saturated rings. The first-order chi connectivity index (χ1) is 7.51. The maximum Gasteiger partial charge on any atom is 0.166 e. The van der Waals surface area contributed by atoms with Gasteiger partial charge in [0.05, 0.1) is 0 Å². The number of sulfone groups is 1. The summed E-state index contributed by atoms with van der Waals surface area (Å²) in [5.74, 6) is 2.50. The number of rotatable bonds is 5. The van der Waals surface area contributed by atoms with Gasteiger partial charge in [-0.15, -0.1) is 0 Å². The third-order valence-electron chi connectivity index (χ3n) is 2.66. The van der Waals surface area contributed by atoms with Crippen molar-refractivity contribution < 1.29 is 8.42 Å². The highest BCUT2D eigenvalue weighted by Gasteiger charge is 2.32. The largest absolute Gasteiger partial charge is 0.282 e. The van der Waals surface area contributed by atoms with E-state index in [1.165, 1.54) is 0 Å². The van der Waals surface area contributed by atoms with Crippen molar-refractivity contribution in [2.45, 2.75) is 12.3 Å². The zero-order valence-corrected chi connectivity index (χ0v) is 12.1. The van der Waals surface area contributed by atoms with Crippen LogP contribution in [0, 0.1) is 0 Å². The van der Waals surface area contributed by atoms with Crippen LogP contribution in [0.5, 0.6) is 0 Å². The fourth-order valence-electron chi connectivity index (χ4n) is 1.66. The maximum absolute atomic E-state index is 11.9. The first kappa shape index (κ1) is 14.4.